The number of para-hydroxylation sites is 1. The van der Waals surface area contributed by atoms with E-state index in [1.807, 2.05) is 36.4 Å². The lowest BCUT2D eigenvalue weighted by molar-refractivity contribution is 0.856. The van der Waals surface area contributed by atoms with Crippen LogP contribution in [0, 0.1) is 0 Å². The molecular weight excluding hydrogens is 667 g/mol. The first-order valence-corrected chi connectivity index (χ1v) is 19.1. The molecule has 0 saturated heterocycles. The molecule has 1 aromatic heterocycles. The third-order valence-electron chi connectivity index (χ3n) is 10.4. The minimum absolute atomic E-state index is 0.230. The summed E-state index contributed by atoms with van der Waals surface area (Å²) in [7, 11) is 0. The van der Waals surface area contributed by atoms with Crippen molar-refractivity contribution in [2.75, 3.05) is 5.32 Å². The third-order valence-corrected chi connectivity index (χ3v) is 10.4. The number of rotatable bonds is 12. The van der Waals surface area contributed by atoms with E-state index >= 15 is 0 Å². The molecule has 1 aliphatic rings. The Morgan fingerprint density at radius 1 is 0.673 bits per heavy atom. The number of allylic oxidation sites excluding steroid dienone is 9. The van der Waals surface area contributed by atoms with Crippen molar-refractivity contribution >= 4 is 38.9 Å². The Morgan fingerprint density at radius 2 is 1.31 bits per heavy atom. The van der Waals surface area contributed by atoms with E-state index in [4.69, 9.17) is 5.73 Å². The highest BCUT2D eigenvalue weighted by atomic mass is 15.0. The van der Waals surface area contributed by atoms with Crippen molar-refractivity contribution in [3.63, 3.8) is 0 Å². The van der Waals surface area contributed by atoms with Crippen molar-refractivity contribution in [2.24, 2.45) is 5.73 Å². The quantitative estimate of drug-likeness (QED) is 0.124. The van der Waals surface area contributed by atoms with Crippen LogP contribution in [-0.2, 0) is 12.8 Å². The summed E-state index contributed by atoms with van der Waals surface area (Å²) in [6.45, 7) is 4.23. The van der Waals surface area contributed by atoms with Gasteiger partial charge in [0.2, 0.25) is 0 Å². The molecule has 1 aliphatic carbocycles. The molecule has 268 valence electrons. The Labute approximate surface area is 324 Å². The molecule has 3 heteroatoms. The summed E-state index contributed by atoms with van der Waals surface area (Å²) in [5, 5.41) is 6.27. The molecule has 7 aromatic rings. The molecule has 6 aromatic carbocycles. The van der Waals surface area contributed by atoms with Crippen LogP contribution in [0.5, 0.6) is 0 Å². The number of anilines is 1. The van der Waals surface area contributed by atoms with Crippen LogP contribution in [0.1, 0.15) is 34.6 Å². The molecule has 3 N–H and O–H groups in total. The Bertz CT molecular complexity index is 2600. The molecule has 3 nitrogen and oxygen atoms in total. The normalized spacial score (nSPS) is 14.8. The van der Waals surface area contributed by atoms with Gasteiger partial charge in [0, 0.05) is 39.5 Å². The van der Waals surface area contributed by atoms with Crippen LogP contribution in [0.3, 0.4) is 0 Å². The van der Waals surface area contributed by atoms with Crippen LogP contribution in [-0.4, -0.2) is 4.57 Å². The predicted molar refractivity (Wildman–Crippen MR) is 236 cm³/mol. The summed E-state index contributed by atoms with van der Waals surface area (Å²) < 4.78 is 2.35. The molecule has 0 spiro atoms. The third kappa shape index (κ3) is 7.93. The summed E-state index contributed by atoms with van der Waals surface area (Å²) in [5.41, 5.74) is 20.0. The van der Waals surface area contributed by atoms with Gasteiger partial charge in [0.1, 0.15) is 0 Å². The van der Waals surface area contributed by atoms with Crippen molar-refractivity contribution in [3.05, 3.63) is 235 Å². The van der Waals surface area contributed by atoms with Gasteiger partial charge in [-0.3, -0.25) is 0 Å². The maximum Gasteiger partial charge on any atom is 0.0541 e. The molecule has 1 unspecified atom stereocenters. The van der Waals surface area contributed by atoms with E-state index in [0.717, 1.165) is 41.9 Å². The average molecular weight is 712 g/mol. The van der Waals surface area contributed by atoms with E-state index in [1.54, 1.807) is 0 Å². The number of hydrogen-bond acceptors (Lipinski definition) is 2. The Hall–Kier alpha value is -6.84. The van der Waals surface area contributed by atoms with Gasteiger partial charge in [0.15, 0.2) is 0 Å². The lowest BCUT2D eigenvalue weighted by Crippen LogP contribution is -2.07. The Kier molecular flexibility index (Phi) is 10.5. The summed E-state index contributed by atoms with van der Waals surface area (Å²) in [5.74, 6) is 0.230. The van der Waals surface area contributed by atoms with Crippen molar-refractivity contribution < 1.29 is 0 Å². The highest BCUT2D eigenvalue weighted by Crippen LogP contribution is 2.38. The highest BCUT2D eigenvalue weighted by molar-refractivity contribution is 6.11. The zero-order valence-corrected chi connectivity index (χ0v) is 31.0. The number of aromatic nitrogens is 1. The predicted octanol–water partition coefficient (Wildman–Crippen LogP) is 12.9. The van der Waals surface area contributed by atoms with Gasteiger partial charge in [-0.05, 0) is 95.1 Å². The van der Waals surface area contributed by atoms with Gasteiger partial charge in [-0.25, -0.2) is 0 Å². The standard InChI is InChI=1S/C52H45N3/c1-2-45(32-28-39-19-9-4-10-20-39)55-51-26-16-15-25-46(51)48-36-43(30-34-52(48)55)42-29-33-50(47(35-42)40-21-11-5-12-22-40)54-44(31-27-38-17-7-3-8-18-38)37-49(53)41-23-13-6-14-24-41/h2-21,23-26,29-37,40,54H,1,22,27-28,53H2/b44-31+,45-32+,49-37-. The second-order valence-electron chi connectivity index (χ2n) is 14.0. The Morgan fingerprint density at radius 3 is 2.02 bits per heavy atom. The maximum atomic E-state index is 6.71. The first kappa shape index (κ1) is 35.2. The van der Waals surface area contributed by atoms with Gasteiger partial charge in [-0.1, -0.05) is 164 Å². The molecule has 0 amide bonds. The molecule has 55 heavy (non-hydrogen) atoms. The van der Waals surface area contributed by atoms with Crippen LogP contribution < -0.4 is 11.1 Å². The second kappa shape index (κ2) is 16.4. The smallest absolute Gasteiger partial charge is 0.0541 e. The van der Waals surface area contributed by atoms with Crippen molar-refractivity contribution in [1.29, 1.82) is 0 Å². The SMILES string of the molecule is C=C/C(=C\Cc1ccccc1)n1c2ccccc2c2cc(-c3ccc(NC(/C=C(\N)c4ccccc4)=C/Cc4ccccc4)c(C4C=CC=CC4)c3)ccc21. The van der Waals surface area contributed by atoms with Gasteiger partial charge in [-0.2, -0.15) is 0 Å². The number of nitrogens with zero attached hydrogens (tertiary/aromatic N) is 1. The van der Waals surface area contributed by atoms with E-state index in [0.29, 0.717) is 5.70 Å². The number of nitrogens with two attached hydrogens (primary N) is 1. The molecule has 1 atom stereocenters. The molecule has 0 fully saturated rings. The van der Waals surface area contributed by atoms with Crippen molar-refractivity contribution in [1.82, 2.24) is 4.57 Å². The minimum Gasteiger partial charge on any atom is -0.398 e. The number of nitrogens with one attached hydrogen (secondary N) is 1. The lowest BCUT2D eigenvalue weighted by Gasteiger charge is -2.21. The van der Waals surface area contributed by atoms with Gasteiger partial charge in [0.25, 0.3) is 0 Å². The fourth-order valence-electron chi connectivity index (χ4n) is 7.53. The van der Waals surface area contributed by atoms with Gasteiger partial charge < -0.3 is 15.6 Å². The molecular formula is C52H45N3. The fraction of sp³-hybridized carbons (Fsp3) is 0.0769. The van der Waals surface area contributed by atoms with E-state index in [-0.39, 0.29) is 5.92 Å². The minimum atomic E-state index is 0.230. The largest absolute Gasteiger partial charge is 0.398 e. The summed E-state index contributed by atoms with van der Waals surface area (Å²) in [6.07, 6.45) is 19.9. The monoisotopic (exact) mass is 711 g/mol. The van der Waals surface area contributed by atoms with E-state index in [9.17, 15) is 0 Å². The summed E-state index contributed by atoms with van der Waals surface area (Å²) >= 11 is 0. The molecule has 0 aliphatic heterocycles. The van der Waals surface area contributed by atoms with E-state index < -0.39 is 0 Å². The number of fused-ring (bicyclic) bond motifs is 3. The van der Waals surface area contributed by atoms with Crippen LogP contribution in [0.2, 0.25) is 0 Å². The fourth-order valence-corrected chi connectivity index (χ4v) is 7.53. The van der Waals surface area contributed by atoms with E-state index in [1.165, 1.54) is 49.6 Å². The van der Waals surface area contributed by atoms with Crippen LogP contribution >= 0.6 is 0 Å². The van der Waals surface area contributed by atoms with Crippen LogP contribution in [0.4, 0.5) is 5.69 Å². The highest BCUT2D eigenvalue weighted by Gasteiger charge is 2.18. The van der Waals surface area contributed by atoms with Crippen LogP contribution in [0.15, 0.2) is 213 Å². The van der Waals surface area contributed by atoms with Gasteiger partial charge in [-0.15, -0.1) is 0 Å². The summed E-state index contributed by atoms with van der Waals surface area (Å²) in [4.78, 5) is 0. The zero-order chi connectivity index (χ0) is 37.4. The average Bonchev–Trinajstić information content (AvgIpc) is 3.58. The molecule has 0 saturated carbocycles. The Balaban J connectivity index is 1.19. The second-order valence-corrected chi connectivity index (χ2v) is 14.0. The maximum absolute atomic E-state index is 6.71. The molecule has 1 heterocycles. The van der Waals surface area contributed by atoms with E-state index in [2.05, 4.69) is 180 Å². The topological polar surface area (TPSA) is 43.0 Å². The van der Waals surface area contributed by atoms with Gasteiger partial charge >= 0.3 is 0 Å². The molecule has 0 radical (unpaired) electrons. The van der Waals surface area contributed by atoms with Gasteiger partial charge in [0.05, 0.1) is 11.0 Å². The van der Waals surface area contributed by atoms with Crippen LogP contribution in [0.25, 0.3) is 44.3 Å². The zero-order valence-electron chi connectivity index (χ0n) is 31.0. The molecule has 8 rings (SSSR count). The summed E-state index contributed by atoms with van der Waals surface area (Å²) in [6, 6.07) is 53.7. The van der Waals surface area contributed by atoms with Crippen molar-refractivity contribution in [2.45, 2.75) is 25.2 Å². The van der Waals surface area contributed by atoms with Crippen molar-refractivity contribution in [3.8, 4) is 11.1 Å². The lowest BCUT2D eigenvalue weighted by atomic mass is 9.88. The number of hydrogen-bond donors (Lipinski definition) is 2. The number of benzene rings is 6. The molecule has 0 bridgehead atoms. The first-order valence-electron chi connectivity index (χ1n) is 19.1. The first-order chi connectivity index (χ1) is 27.1.